The van der Waals surface area contributed by atoms with Crippen LogP contribution in [-0.4, -0.2) is 17.4 Å². The Morgan fingerprint density at radius 1 is 1.33 bits per heavy atom. The first kappa shape index (κ1) is 9.83. The average molecular weight is 208 g/mol. The molecule has 1 unspecified atom stereocenters. The van der Waals surface area contributed by atoms with Gasteiger partial charge < -0.3 is 14.6 Å². The first-order valence-corrected chi connectivity index (χ1v) is 4.79. The van der Waals surface area contributed by atoms with Gasteiger partial charge in [-0.1, -0.05) is 19.9 Å². The topological polar surface area (TPSA) is 55.8 Å². The van der Waals surface area contributed by atoms with Crippen LogP contribution in [0.25, 0.3) is 0 Å². The van der Waals surface area contributed by atoms with Gasteiger partial charge in [-0.3, -0.25) is 0 Å². The quantitative estimate of drug-likeness (QED) is 0.716. The second-order valence-corrected chi connectivity index (χ2v) is 3.79. The van der Waals surface area contributed by atoms with E-state index in [1.807, 2.05) is 13.8 Å². The van der Waals surface area contributed by atoms with Gasteiger partial charge in [0.1, 0.15) is 17.1 Å². The van der Waals surface area contributed by atoms with Gasteiger partial charge in [0.05, 0.1) is 0 Å². The molecule has 0 aromatic heterocycles. The summed E-state index contributed by atoms with van der Waals surface area (Å²) in [4.78, 5) is 11.6. The first-order valence-electron chi connectivity index (χ1n) is 4.79. The van der Waals surface area contributed by atoms with Crippen LogP contribution in [0.5, 0.6) is 11.5 Å². The Balaban J connectivity index is 2.41. The molecular weight excluding hydrogens is 196 g/mol. The lowest BCUT2D eigenvalue weighted by Crippen LogP contribution is -2.34. The zero-order valence-electron chi connectivity index (χ0n) is 8.56. The van der Waals surface area contributed by atoms with E-state index in [1.54, 1.807) is 12.1 Å². The maximum Gasteiger partial charge on any atom is 0.348 e. The third-order valence-corrected chi connectivity index (χ3v) is 2.22. The number of aromatic hydroxyl groups is 1. The van der Waals surface area contributed by atoms with E-state index in [0.717, 1.165) is 0 Å². The fourth-order valence-electron chi connectivity index (χ4n) is 1.41. The smallest absolute Gasteiger partial charge is 0.348 e. The number of benzene rings is 1. The lowest BCUT2D eigenvalue weighted by Gasteiger charge is -2.28. The van der Waals surface area contributed by atoms with Gasteiger partial charge in [0.2, 0.25) is 6.29 Å². The highest BCUT2D eigenvalue weighted by Crippen LogP contribution is 2.34. The molecule has 0 fully saturated rings. The number of cyclic esters (lactones) is 1. The van der Waals surface area contributed by atoms with Crippen LogP contribution < -0.4 is 4.74 Å². The number of rotatable bonds is 1. The van der Waals surface area contributed by atoms with Crippen LogP contribution >= 0.6 is 0 Å². The molecule has 80 valence electrons. The number of ether oxygens (including phenoxy) is 2. The predicted octanol–water partition coefficient (Wildman–Crippen LogP) is 1.92. The van der Waals surface area contributed by atoms with Crippen molar-refractivity contribution < 1.29 is 19.4 Å². The SMILES string of the molecule is CC(C)C1OC(=O)c2c(O)cccc2O1. The molecule has 0 bridgehead atoms. The summed E-state index contributed by atoms with van der Waals surface area (Å²) in [7, 11) is 0. The van der Waals surface area contributed by atoms with E-state index < -0.39 is 12.3 Å². The zero-order chi connectivity index (χ0) is 11.0. The molecule has 4 heteroatoms. The Bertz CT molecular complexity index is 398. The molecule has 2 rings (SSSR count). The molecule has 0 amide bonds. The van der Waals surface area contributed by atoms with Crippen molar-refractivity contribution in [1.29, 1.82) is 0 Å². The van der Waals surface area contributed by atoms with E-state index >= 15 is 0 Å². The van der Waals surface area contributed by atoms with E-state index in [0.29, 0.717) is 5.75 Å². The molecule has 1 aromatic rings. The van der Waals surface area contributed by atoms with Gasteiger partial charge >= 0.3 is 5.97 Å². The summed E-state index contributed by atoms with van der Waals surface area (Å²) < 4.78 is 10.5. The van der Waals surface area contributed by atoms with E-state index in [-0.39, 0.29) is 17.2 Å². The van der Waals surface area contributed by atoms with E-state index in [4.69, 9.17) is 9.47 Å². The lowest BCUT2D eigenvalue weighted by molar-refractivity contribution is -0.0842. The van der Waals surface area contributed by atoms with Gasteiger partial charge in [-0.25, -0.2) is 4.79 Å². The molecule has 0 radical (unpaired) electrons. The van der Waals surface area contributed by atoms with Crippen molar-refractivity contribution in [3.05, 3.63) is 23.8 Å². The second-order valence-electron chi connectivity index (χ2n) is 3.79. The van der Waals surface area contributed by atoms with Crippen LogP contribution in [0.1, 0.15) is 24.2 Å². The van der Waals surface area contributed by atoms with E-state index in [9.17, 15) is 9.90 Å². The standard InChI is InChI=1S/C11H12O4/c1-6(2)11-14-8-5-3-4-7(12)9(8)10(13)15-11/h3-6,11-12H,1-2H3. The molecule has 0 saturated heterocycles. The molecular formula is C11H12O4. The van der Waals surface area contributed by atoms with Gasteiger partial charge in [-0.15, -0.1) is 0 Å². The maximum absolute atomic E-state index is 11.6. The highest BCUT2D eigenvalue weighted by molar-refractivity contribution is 5.96. The number of carbonyl (C=O) groups is 1. The Morgan fingerprint density at radius 3 is 2.73 bits per heavy atom. The van der Waals surface area contributed by atoms with Crippen LogP contribution in [0, 0.1) is 5.92 Å². The van der Waals surface area contributed by atoms with Crippen molar-refractivity contribution in [2.24, 2.45) is 5.92 Å². The normalized spacial score (nSPS) is 19.4. The molecule has 1 N–H and O–H groups in total. The van der Waals surface area contributed by atoms with Crippen LogP contribution in [0.3, 0.4) is 0 Å². The fraction of sp³-hybridized carbons (Fsp3) is 0.364. The van der Waals surface area contributed by atoms with Gasteiger partial charge in [-0.2, -0.15) is 0 Å². The van der Waals surface area contributed by atoms with Crippen LogP contribution in [0.4, 0.5) is 0 Å². The Hall–Kier alpha value is -1.71. The number of fused-ring (bicyclic) bond motifs is 1. The third kappa shape index (κ3) is 1.63. The van der Waals surface area contributed by atoms with Gasteiger partial charge in [0.15, 0.2) is 0 Å². The number of hydrogen-bond acceptors (Lipinski definition) is 4. The van der Waals surface area contributed by atoms with Gasteiger partial charge in [-0.05, 0) is 12.1 Å². The fourth-order valence-corrected chi connectivity index (χ4v) is 1.41. The molecule has 15 heavy (non-hydrogen) atoms. The molecule has 4 nitrogen and oxygen atoms in total. The molecule has 1 heterocycles. The summed E-state index contributed by atoms with van der Waals surface area (Å²) >= 11 is 0. The van der Waals surface area contributed by atoms with Gasteiger partial charge in [0, 0.05) is 5.92 Å². The Kier molecular flexibility index (Phi) is 2.26. The monoisotopic (exact) mass is 208 g/mol. The minimum Gasteiger partial charge on any atom is -0.507 e. The van der Waals surface area contributed by atoms with Crippen LogP contribution in [0.15, 0.2) is 18.2 Å². The van der Waals surface area contributed by atoms with Crippen LogP contribution in [0.2, 0.25) is 0 Å². The van der Waals surface area contributed by atoms with Crippen molar-refractivity contribution in [2.75, 3.05) is 0 Å². The first-order chi connectivity index (χ1) is 7.09. The minimum absolute atomic E-state index is 0.0736. The molecule has 1 aliphatic rings. The minimum atomic E-state index is -0.577. The summed E-state index contributed by atoms with van der Waals surface area (Å²) in [6, 6.07) is 4.70. The summed E-state index contributed by atoms with van der Waals surface area (Å²) in [5.74, 6) is -0.192. The molecule has 0 spiro atoms. The Morgan fingerprint density at radius 2 is 2.07 bits per heavy atom. The zero-order valence-corrected chi connectivity index (χ0v) is 8.56. The summed E-state index contributed by atoms with van der Waals surface area (Å²) in [6.45, 7) is 3.79. The second kappa shape index (κ2) is 3.46. The summed E-state index contributed by atoms with van der Waals surface area (Å²) in [5.41, 5.74) is 0.106. The largest absolute Gasteiger partial charge is 0.507 e. The molecule has 0 aliphatic carbocycles. The molecule has 0 saturated carbocycles. The number of hydrogen-bond donors (Lipinski definition) is 1. The number of esters is 1. The maximum atomic E-state index is 11.6. The number of phenols is 1. The third-order valence-electron chi connectivity index (χ3n) is 2.22. The van der Waals surface area contributed by atoms with E-state index in [1.165, 1.54) is 6.07 Å². The highest BCUT2D eigenvalue weighted by Gasteiger charge is 2.31. The molecule has 1 atom stereocenters. The van der Waals surface area contributed by atoms with Crippen molar-refractivity contribution in [2.45, 2.75) is 20.1 Å². The van der Waals surface area contributed by atoms with Crippen molar-refractivity contribution >= 4 is 5.97 Å². The highest BCUT2D eigenvalue weighted by atomic mass is 16.7. The van der Waals surface area contributed by atoms with Crippen molar-refractivity contribution in [3.63, 3.8) is 0 Å². The van der Waals surface area contributed by atoms with Crippen LogP contribution in [-0.2, 0) is 4.74 Å². The molecule has 1 aliphatic heterocycles. The number of carbonyl (C=O) groups excluding carboxylic acids is 1. The molecule has 1 aromatic carbocycles. The van der Waals surface area contributed by atoms with Crippen molar-refractivity contribution in [1.82, 2.24) is 0 Å². The van der Waals surface area contributed by atoms with E-state index in [2.05, 4.69) is 0 Å². The van der Waals surface area contributed by atoms with Crippen molar-refractivity contribution in [3.8, 4) is 11.5 Å². The number of phenolic OH excluding ortho intramolecular Hbond substituents is 1. The lowest BCUT2D eigenvalue weighted by atomic mass is 10.1. The summed E-state index contributed by atoms with van der Waals surface area (Å²) in [6.07, 6.45) is -0.577. The van der Waals surface area contributed by atoms with Gasteiger partial charge in [0.25, 0.3) is 0 Å². The Labute approximate surface area is 87.4 Å². The average Bonchev–Trinajstić information content (AvgIpc) is 2.17. The summed E-state index contributed by atoms with van der Waals surface area (Å²) in [5, 5.41) is 9.47. The predicted molar refractivity (Wildman–Crippen MR) is 52.8 cm³/mol.